The van der Waals surface area contributed by atoms with Crippen LogP contribution in [0.2, 0.25) is 0 Å². The predicted octanol–water partition coefficient (Wildman–Crippen LogP) is 2.34. The Bertz CT molecular complexity index is 1420. The summed E-state index contributed by atoms with van der Waals surface area (Å²) in [6.07, 6.45) is 6.22. The van der Waals surface area contributed by atoms with Crippen LogP contribution in [0.4, 0.5) is 5.69 Å². The van der Waals surface area contributed by atoms with Gasteiger partial charge in [0.25, 0.3) is 5.91 Å². The van der Waals surface area contributed by atoms with Crippen LogP contribution in [0.3, 0.4) is 0 Å². The molecule has 0 aliphatic heterocycles. The number of phenols is 1. The Morgan fingerprint density at radius 1 is 1.07 bits per heavy atom. The van der Waals surface area contributed by atoms with Gasteiger partial charge in [-0.3, -0.25) is 24.2 Å². The summed E-state index contributed by atoms with van der Waals surface area (Å²) in [7, 11) is 7.03. The van der Waals surface area contributed by atoms with Crippen LogP contribution >= 0.6 is 0 Å². The van der Waals surface area contributed by atoms with Crippen LogP contribution in [-0.4, -0.2) is 100 Å². The van der Waals surface area contributed by atoms with Gasteiger partial charge in [0.05, 0.1) is 11.6 Å². The lowest BCUT2D eigenvalue weighted by atomic mass is 9.58. The van der Waals surface area contributed by atoms with Gasteiger partial charge in [-0.15, -0.1) is 0 Å². The maximum Gasteiger partial charge on any atom is 0.255 e. The number of anilines is 1. The van der Waals surface area contributed by atoms with Gasteiger partial charge in [-0.2, -0.15) is 0 Å². The van der Waals surface area contributed by atoms with Crippen LogP contribution in [0.5, 0.6) is 5.75 Å². The summed E-state index contributed by atoms with van der Waals surface area (Å²) in [5.41, 5.74) is 4.23. The molecule has 0 aromatic heterocycles. The second-order valence-corrected chi connectivity index (χ2v) is 13.0. The van der Waals surface area contributed by atoms with Crippen LogP contribution in [0.25, 0.3) is 0 Å². The number of benzene rings is 1. The SMILES string of the molecule is CCN(Cc1cc(O)c2c(c1N(C)C)C[C@H]1C[C@H]3[C@H](N(C)C)C(O)=C(C(N)=O)C(=O)[C@@]3(O)C(O)=C1C2=O)C1CCCCC1. The zero-order chi connectivity index (χ0) is 31.5. The third-order valence-corrected chi connectivity index (χ3v) is 10.1. The highest BCUT2D eigenvalue weighted by Crippen LogP contribution is 2.53. The molecule has 1 fully saturated rings. The van der Waals surface area contributed by atoms with Crippen molar-refractivity contribution in [1.82, 2.24) is 9.80 Å². The number of aliphatic hydroxyl groups is 3. The Hall–Kier alpha value is -3.41. The van der Waals surface area contributed by atoms with E-state index in [9.17, 15) is 34.8 Å². The molecule has 5 rings (SSSR count). The molecule has 0 heterocycles. The van der Waals surface area contributed by atoms with Crippen molar-refractivity contribution in [3.63, 3.8) is 0 Å². The number of aromatic hydroxyl groups is 1. The summed E-state index contributed by atoms with van der Waals surface area (Å²) >= 11 is 0. The number of likely N-dealkylation sites (N-methyl/N-ethyl adjacent to an activating group) is 1. The Morgan fingerprint density at radius 2 is 1.72 bits per heavy atom. The fourth-order valence-corrected chi connectivity index (χ4v) is 8.22. The third-order valence-electron chi connectivity index (χ3n) is 10.1. The Morgan fingerprint density at radius 3 is 2.28 bits per heavy atom. The molecule has 4 aliphatic rings. The van der Waals surface area contributed by atoms with E-state index in [1.54, 1.807) is 25.1 Å². The van der Waals surface area contributed by atoms with E-state index < -0.39 is 58.0 Å². The first-order valence-electron chi connectivity index (χ1n) is 15.2. The van der Waals surface area contributed by atoms with Crippen LogP contribution in [0.1, 0.15) is 66.9 Å². The van der Waals surface area contributed by atoms with Crippen molar-refractivity contribution in [3.05, 3.63) is 45.4 Å². The first-order valence-corrected chi connectivity index (χ1v) is 15.2. The predicted molar refractivity (Wildman–Crippen MR) is 161 cm³/mol. The van der Waals surface area contributed by atoms with Gasteiger partial charge in [-0.1, -0.05) is 26.2 Å². The molecule has 234 valence electrons. The number of Topliss-reactive ketones (excluding diaryl/α,β-unsaturated/α-hetero) is 2. The molecule has 1 saturated carbocycles. The van der Waals surface area contributed by atoms with Crippen molar-refractivity contribution >= 4 is 23.2 Å². The number of ketones is 2. The molecule has 0 spiro atoms. The fraction of sp³-hybridized carbons (Fsp3) is 0.594. The molecule has 0 saturated heterocycles. The molecule has 1 aromatic carbocycles. The van der Waals surface area contributed by atoms with E-state index in [0.717, 1.165) is 30.6 Å². The van der Waals surface area contributed by atoms with E-state index >= 15 is 0 Å². The molecule has 4 aliphatic carbocycles. The number of carbonyl (C=O) groups is 3. The summed E-state index contributed by atoms with van der Waals surface area (Å²) in [6.45, 7) is 3.59. The largest absolute Gasteiger partial charge is 0.510 e. The molecular formula is C32H44N4O7. The maximum absolute atomic E-state index is 14.1. The molecule has 0 bridgehead atoms. The lowest BCUT2D eigenvalue weighted by Crippen LogP contribution is -2.63. The van der Waals surface area contributed by atoms with Gasteiger partial charge in [0.2, 0.25) is 5.78 Å². The van der Waals surface area contributed by atoms with Crippen molar-refractivity contribution in [1.29, 1.82) is 0 Å². The summed E-state index contributed by atoms with van der Waals surface area (Å²) in [4.78, 5) is 45.8. The van der Waals surface area contributed by atoms with E-state index in [2.05, 4.69) is 11.8 Å². The summed E-state index contributed by atoms with van der Waals surface area (Å²) in [6, 6.07) is 1.05. The van der Waals surface area contributed by atoms with Gasteiger partial charge in [0.1, 0.15) is 22.8 Å². The van der Waals surface area contributed by atoms with Crippen molar-refractivity contribution in [3.8, 4) is 5.75 Å². The van der Waals surface area contributed by atoms with E-state index in [1.165, 1.54) is 19.3 Å². The first-order chi connectivity index (χ1) is 20.2. The summed E-state index contributed by atoms with van der Waals surface area (Å²) < 4.78 is 0. The number of nitrogens with two attached hydrogens (primary N) is 1. The zero-order valence-corrected chi connectivity index (χ0v) is 25.7. The standard InChI is InChI=1S/C32H44N4O7/c1-6-36(18-10-8-7-9-11-18)15-17-14-21(37)23-19(25(17)34(2)3)12-16-13-20-26(35(4)5)28(39)24(31(33)42)30(41)32(20,43)29(40)22(16)27(23)38/h14,16,18,20,26,37,39-40,43H,6-13,15H2,1-5H3,(H2,33,42)/t16-,20-,26-,32-/m0/s1. The minimum Gasteiger partial charge on any atom is -0.510 e. The van der Waals surface area contributed by atoms with E-state index in [1.807, 2.05) is 19.0 Å². The second-order valence-electron chi connectivity index (χ2n) is 13.0. The monoisotopic (exact) mass is 596 g/mol. The third kappa shape index (κ3) is 4.72. The number of allylic oxidation sites excluding steroid dienone is 1. The molecule has 0 unspecified atom stereocenters. The van der Waals surface area contributed by atoms with Gasteiger partial charge in [-0.25, -0.2) is 0 Å². The van der Waals surface area contributed by atoms with Gasteiger partial charge in [0, 0.05) is 43.9 Å². The fourth-order valence-electron chi connectivity index (χ4n) is 8.22. The van der Waals surface area contributed by atoms with Gasteiger partial charge >= 0.3 is 0 Å². The van der Waals surface area contributed by atoms with Crippen LogP contribution in [-0.2, 0) is 22.6 Å². The van der Waals surface area contributed by atoms with E-state index in [0.29, 0.717) is 18.2 Å². The minimum absolute atomic E-state index is 0.0361. The number of carbonyl (C=O) groups excluding carboxylic acids is 3. The molecule has 1 aromatic rings. The number of phenolic OH excluding ortho intramolecular Hbond substituents is 1. The van der Waals surface area contributed by atoms with Gasteiger partial charge in [0.15, 0.2) is 11.4 Å². The zero-order valence-electron chi connectivity index (χ0n) is 25.7. The van der Waals surface area contributed by atoms with Crippen LogP contribution in [0, 0.1) is 11.8 Å². The number of fused-ring (bicyclic) bond motifs is 3. The highest BCUT2D eigenvalue weighted by Gasteiger charge is 2.63. The number of nitrogens with zero attached hydrogens (tertiary/aromatic N) is 3. The Balaban J connectivity index is 1.64. The number of hydrogen-bond acceptors (Lipinski definition) is 10. The normalized spacial score (nSPS) is 27.9. The van der Waals surface area contributed by atoms with Crippen molar-refractivity contribution < 1.29 is 34.8 Å². The van der Waals surface area contributed by atoms with Crippen molar-refractivity contribution in [2.24, 2.45) is 17.6 Å². The molecule has 0 radical (unpaired) electrons. The number of amides is 1. The van der Waals surface area contributed by atoms with Crippen LogP contribution < -0.4 is 10.6 Å². The highest BCUT2D eigenvalue weighted by molar-refractivity contribution is 6.24. The average molecular weight is 597 g/mol. The van der Waals surface area contributed by atoms with Gasteiger partial charge < -0.3 is 31.1 Å². The van der Waals surface area contributed by atoms with E-state index in [-0.39, 0.29) is 29.7 Å². The topological polar surface area (TPSA) is 168 Å². The minimum atomic E-state index is -2.65. The maximum atomic E-state index is 14.1. The molecule has 1 amide bonds. The summed E-state index contributed by atoms with van der Waals surface area (Å²) in [5.74, 6) is -6.46. The molecule has 43 heavy (non-hydrogen) atoms. The number of hydrogen-bond donors (Lipinski definition) is 5. The number of primary amides is 1. The lowest BCUT2D eigenvalue weighted by molar-refractivity contribution is -0.148. The van der Waals surface area contributed by atoms with Crippen molar-refractivity contribution in [2.75, 3.05) is 39.6 Å². The van der Waals surface area contributed by atoms with Crippen LogP contribution in [0.15, 0.2) is 28.7 Å². The molecule has 11 heteroatoms. The Kier molecular flexibility index (Phi) is 8.12. The lowest BCUT2D eigenvalue weighted by Gasteiger charge is -2.50. The first kappa shape index (κ1) is 31.0. The molecule has 6 N–H and O–H groups in total. The average Bonchev–Trinajstić information content (AvgIpc) is 2.93. The Labute approximate surface area is 252 Å². The van der Waals surface area contributed by atoms with E-state index in [4.69, 9.17) is 5.73 Å². The van der Waals surface area contributed by atoms with Crippen molar-refractivity contribution in [2.45, 2.75) is 76.1 Å². The summed E-state index contributed by atoms with van der Waals surface area (Å²) in [5, 5.41) is 45.7. The number of rotatable bonds is 7. The highest BCUT2D eigenvalue weighted by atomic mass is 16.3. The second kappa shape index (κ2) is 11.3. The smallest absolute Gasteiger partial charge is 0.255 e. The van der Waals surface area contributed by atoms with Gasteiger partial charge in [-0.05, 0) is 69.4 Å². The quantitative estimate of drug-likeness (QED) is 0.295. The molecular weight excluding hydrogens is 552 g/mol. The molecule has 11 nitrogen and oxygen atoms in total. The molecule has 4 atom stereocenters. The number of aliphatic hydroxyl groups excluding tert-OH is 2.